The van der Waals surface area contributed by atoms with Crippen molar-refractivity contribution in [1.82, 2.24) is 0 Å². The average molecular weight is 234 g/mol. The second-order valence-electron chi connectivity index (χ2n) is 3.20. The summed E-state index contributed by atoms with van der Waals surface area (Å²) in [5, 5.41) is 0. The van der Waals surface area contributed by atoms with E-state index in [0.717, 1.165) is 5.56 Å². The number of hydrogen-bond donors (Lipinski definition) is 0. The minimum Gasteiger partial charge on any atom is -0.465 e. The molecule has 0 N–H and O–H groups in total. The monoisotopic (exact) mass is 234 g/mol. The van der Waals surface area contributed by atoms with Gasteiger partial charge in [0.05, 0.1) is 19.3 Å². The van der Waals surface area contributed by atoms with Crippen LogP contribution in [-0.4, -0.2) is 25.7 Å². The Hall–Kier alpha value is -2.10. The van der Waals surface area contributed by atoms with E-state index in [-0.39, 0.29) is 11.9 Å². The fraction of sp³-hybridized carbons (Fsp3) is 0.231. The lowest BCUT2D eigenvalue weighted by atomic mass is 10.1. The maximum atomic E-state index is 11.2. The molecule has 0 unspecified atom stereocenters. The maximum absolute atomic E-state index is 11.2. The highest BCUT2D eigenvalue weighted by molar-refractivity contribution is 5.90. The Morgan fingerprint density at radius 2 is 1.88 bits per heavy atom. The van der Waals surface area contributed by atoms with E-state index in [0.29, 0.717) is 12.2 Å². The summed E-state index contributed by atoms with van der Waals surface area (Å²) in [5.41, 5.74) is 1.28. The number of hydrogen-bond acceptors (Lipinski definition) is 4. The normalized spacial score (nSPS) is 10.2. The molecule has 0 spiro atoms. The molecule has 90 valence electrons. The lowest BCUT2D eigenvalue weighted by Crippen LogP contribution is -2.00. The second-order valence-corrected chi connectivity index (χ2v) is 3.20. The highest BCUT2D eigenvalue weighted by Gasteiger charge is 2.03. The maximum Gasteiger partial charge on any atom is 0.337 e. The average Bonchev–Trinajstić information content (AvgIpc) is 2.36. The summed E-state index contributed by atoms with van der Waals surface area (Å²) in [4.78, 5) is 22.2. The summed E-state index contributed by atoms with van der Waals surface area (Å²) in [6.07, 6.45) is 2.97. The third-order valence-corrected chi connectivity index (χ3v) is 2.03. The fourth-order valence-corrected chi connectivity index (χ4v) is 1.20. The van der Waals surface area contributed by atoms with Gasteiger partial charge in [0.15, 0.2) is 0 Å². The van der Waals surface area contributed by atoms with Gasteiger partial charge < -0.3 is 9.47 Å². The molecule has 4 nitrogen and oxygen atoms in total. The van der Waals surface area contributed by atoms with Crippen LogP contribution in [0.2, 0.25) is 0 Å². The zero-order chi connectivity index (χ0) is 12.7. The molecule has 0 saturated carbocycles. The highest BCUT2D eigenvalue weighted by atomic mass is 16.5. The Morgan fingerprint density at radius 1 is 1.24 bits per heavy atom. The van der Waals surface area contributed by atoms with E-state index in [2.05, 4.69) is 4.74 Å². The van der Waals surface area contributed by atoms with Crippen molar-refractivity contribution in [3.8, 4) is 0 Å². The molecule has 0 heterocycles. The summed E-state index contributed by atoms with van der Waals surface area (Å²) in [7, 11) is 1.33. The first-order valence-electron chi connectivity index (χ1n) is 5.20. The molecular weight excluding hydrogens is 220 g/mol. The predicted molar refractivity (Wildman–Crippen MR) is 63.4 cm³/mol. The van der Waals surface area contributed by atoms with Gasteiger partial charge in [-0.3, -0.25) is 0 Å². The van der Waals surface area contributed by atoms with Crippen LogP contribution in [0.4, 0.5) is 0 Å². The van der Waals surface area contributed by atoms with Gasteiger partial charge in [0.2, 0.25) is 0 Å². The third kappa shape index (κ3) is 4.10. The first-order chi connectivity index (χ1) is 8.17. The minimum absolute atomic E-state index is 0.352. The number of benzene rings is 1. The van der Waals surface area contributed by atoms with Gasteiger partial charge in [-0.25, -0.2) is 9.59 Å². The predicted octanol–water partition coefficient (Wildman–Crippen LogP) is 2.05. The molecule has 0 fully saturated rings. The first kappa shape index (κ1) is 13.0. The minimum atomic E-state index is -0.385. The molecule has 0 saturated heterocycles. The highest BCUT2D eigenvalue weighted by Crippen LogP contribution is 2.07. The quantitative estimate of drug-likeness (QED) is 0.591. The summed E-state index contributed by atoms with van der Waals surface area (Å²) >= 11 is 0. The van der Waals surface area contributed by atoms with Gasteiger partial charge in [0.25, 0.3) is 0 Å². The van der Waals surface area contributed by atoms with Crippen molar-refractivity contribution in [2.75, 3.05) is 13.7 Å². The molecule has 1 aromatic carbocycles. The van der Waals surface area contributed by atoms with E-state index < -0.39 is 0 Å². The van der Waals surface area contributed by atoms with Gasteiger partial charge in [-0.1, -0.05) is 12.1 Å². The van der Waals surface area contributed by atoms with Crippen molar-refractivity contribution in [2.24, 2.45) is 0 Å². The second kappa shape index (κ2) is 6.48. The van der Waals surface area contributed by atoms with Crippen LogP contribution in [-0.2, 0) is 14.3 Å². The molecule has 0 aromatic heterocycles. The number of rotatable bonds is 4. The number of methoxy groups -OCH3 is 1. The van der Waals surface area contributed by atoms with E-state index in [9.17, 15) is 9.59 Å². The molecule has 17 heavy (non-hydrogen) atoms. The Morgan fingerprint density at radius 3 is 2.41 bits per heavy atom. The number of esters is 2. The summed E-state index contributed by atoms with van der Waals surface area (Å²) in [5.74, 6) is -0.768. The van der Waals surface area contributed by atoms with E-state index in [4.69, 9.17) is 4.74 Å². The number of carbonyl (C=O) groups excluding carboxylic acids is 2. The lowest BCUT2D eigenvalue weighted by Gasteiger charge is -1.99. The van der Waals surface area contributed by atoms with Crippen LogP contribution >= 0.6 is 0 Å². The van der Waals surface area contributed by atoms with Gasteiger partial charge in [-0.15, -0.1) is 0 Å². The van der Waals surface area contributed by atoms with Crippen LogP contribution < -0.4 is 0 Å². The summed E-state index contributed by atoms with van der Waals surface area (Å²) < 4.78 is 9.32. The molecular formula is C13H14O4. The summed E-state index contributed by atoms with van der Waals surface area (Å²) in [6.45, 7) is 2.10. The first-order valence-corrected chi connectivity index (χ1v) is 5.20. The Labute approximate surface area is 99.8 Å². The standard InChI is InChI=1S/C13H14O4/c1-3-17-12(14)9-6-10-4-7-11(8-5-10)13(15)16-2/h4-9H,3H2,1-2H3/b9-6-. The molecule has 1 rings (SSSR count). The lowest BCUT2D eigenvalue weighted by molar-refractivity contribution is -0.137. The van der Waals surface area contributed by atoms with Gasteiger partial charge in [0, 0.05) is 6.08 Å². The number of ether oxygens (including phenoxy) is 2. The van der Waals surface area contributed by atoms with Crippen molar-refractivity contribution < 1.29 is 19.1 Å². The molecule has 0 aliphatic rings. The van der Waals surface area contributed by atoms with Gasteiger partial charge in [-0.2, -0.15) is 0 Å². The van der Waals surface area contributed by atoms with Crippen LogP contribution in [0.15, 0.2) is 30.3 Å². The van der Waals surface area contributed by atoms with E-state index >= 15 is 0 Å². The molecule has 0 aliphatic carbocycles. The topological polar surface area (TPSA) is 52.6 Å². The van der Waals surface area contributed by atoms with Gasteiger partial charge in [0.1, 0.15) is 0 Å². The Kier molecular flexibility index (Phi) is 4.94. The van der Waals surface area contributed by atoms with Crippen LogP contribution in [0, 0.1) is 0 Å². The molecule has 0 atom stereocenters. The largest absolute Gasteiger partial charge is 0.465 e. The summed E-state index contributed by atoms with van der Waals surface area (Å²) in [6, 6.07) is 6.72. The SMILES string of the molecule is CCOC(=O)/C=C\c1ccc(C(=O)OC)cc1. The van der Waals surface area contributed by atoms with E-state index in [1.54, 1.807) is 37.3 Å². The molecule has 0 aliphatic heterocycles. The smallest absolute Gasteiger partial charge is 0.337 e. The van der Waals surface area contributed by atoms with Crippen molar-refractivity contribution in [2.45, 2.75) is 6.92 Å². The van der Waals surface area contributed by atoms with Crippen molar-refractivity contribution in [1.29, 1.82) is 0 Å². The molecule has 4 heteroatoms. The van der Waals surface area contributed by atoms with E-state index in [1.165, 1.54) is 13.2 Å². The van der Waals surface area contributed by atoms with Gasteiger partial charge in [-0.05, 0) is 30.7 Å². The van der Waals surface area contributed by atoms with Gasteiger partial charge >= 0.3 is 11.9 Å². The Bertz CT molecular complexity index is 418. The zero-order valence-corrected chi connectivity index (χ0v) is 9.80. The van der Waals surface area contributed by atoms with Crippen LogP contribution in [0.1, 0.15) is 22.8 Å². The molecule has 0 bridgehead atoms. The third-order valence-electron chi connectivity index (χ3n) is 2.03. The van der Waals surface area contributed by atoms with Crippen LogP contribution in [0.5, 0.6) is 0 Å². The molecule has 1 aromatic rings. The van der Waals surface area contributed by atoms with Crippen LogP contribution in [0.3, 0.4) is 0 Å². The van der Waals surface area contributed by atoms with E-state index in [1.807, 2.05) is 0 Å². The van der Waals surface area contributed by atoms with Crippen molar-refractivity contribution >= 4 is 18.0 Å². The zero-order valence-electron chi connectivity index (χ0n) is 9.80. The number of carbonyl (C=O) groups is 2. The van der Waals surface area contributed by atoms with Crippen molar-refractivity contribution in [3.63, 3.8) is 0 Å². The molecule has 0 radical (unpaired) electrons. The van der Waals surface area contributed by atoms with Crippen LogP contribution in [0.25, 0.3) is 6.08 Å². The van der Waals surface area contributed by atoms with Crippen molar-refractivity contribution in [3.05, 3.63) is 41.5 Å². The fourth-order valence-electron chi connectivity index (χ4n) is 1.20. The molecule has 0 amide bonds. The Balaban J connectivity index is 2.68.